The van der Waals surface area contributed by atoms with Crippen LogP contribution >= 0.6 is 0 Å². The Kier molecular flexibility index (Phi) is 4.28. The van der Waals surface area contributed by atoms with E-state index in [0.717, 1.165) is 24.9 Å². The molecule has 150 valence electrons. The third kappa shape index (κ3) is 2.82. The van der Waals surface area contributed by atoms with Gasteiger partial charge in [0.25, 0.3) is 0 Å². The summed E-state index contributed by atoms with van der Waals surface area (Å²) in [5.41, 5.74) is 6.66. The van der Waals surface area contributed by atoms with Gasteiger partial charge >= 0.3 is 0 Å². The van der Waals surface area contributed by atoms with Crippen LogP contribution in [-0.2, 0) is 11.3 Å². The lowest BCUT2D eigenvalue weighted by Gasteiger charge is -2.40. The van der Waals surface area contributed by atoms with E-state index in [9.17, 15) is 0 Å². The molecule has 6 rings (SSSR count). The van der Waals surface area contributed by atoms with E-state index in [0.29, 0.717) is 5.92 Å². The van der Waals surface area contributed by atoms with Crippen molar-refractivity contribution in [3.05, 3.63) is 108 Å². The molecule has 1 aliphatic heterocycles. The summed E-state index contributed by atoms with van der Waals surface area (Å²) in [4.78, 5) is 7.14. The Hall–Kier alpha value is -2.84. The van der Waals surface area contributed by atoms with Gasteiger partial charge in [-0.2, -0.15) is 0 Å². The summed E-state index contributed by atoms with van der Waals surface area (Å²) in [6, 6.07) is 30.5. The second kappa shape index (κ2) is 7.14. The number of para-hydroxylation sites is 1. The maximum absolute atomic E-state index is 7.14. The van der Waals surface area contributed by atoms with Crippen molar-refractivity contribution in [1.29, 1.82) is 0 Å². The van der Waals surface area contributed by atoms with Gasteiger partial charge in [-0.15, -0.1) is 0 Å². The van der Waals surface area contributed by atoms with Crippen LogP contribution in [0.4, 0.5) is 5.69 Å². The minimum atomic E-state index is -0.121. The predicted molar refractivity (Wildman–Crippen MR) is 122 cm³/mol. The van der Waals surface area contributed by atoms with Crippen LogP contribution in [0.3, 0.4) is 0 Å². The normalized spacial score (nSPS) is 24.3. The van der Waals surface area contributed by atoms with E-state index in [1.165, 1.54) is 35.1 Å². The van der Waals surface area contributed by atoms with Gasteiger partial charge in [0, 0.05) is 5.92 Å². The van der Waals surface area contributed by atoms with Crippen LogP contribution in [0.2, 0.25) is 0 Å². The van der Waals surface area contributed by atoms with Crippen LogP contribution in [0.15, 0.2) is 91.0 Å². The highest BCUT2D eigenvalue weighted by atomic mass is 16.7. The number of anilines is 1. The molecule has 0 aromatic heterocycles. The molecular weight excluding hydrogens is 366 g/mol. The number of nitrogens with zero attached hydrogens (tertiary/aromatic N) is 1. The first-order valence-electron chi connectivity index (χ1n) is 11.2. The molecule has 1 spiro atoms. The maximum Gasteiger partial charge on any atom is 0.103 e. The summed E-state index contributed by atoms with van der Waals surface area (Å²) in [6.45, 7) is 0. The summed E-state index contributed by atoms with van der Waals surface area (Å²) in [7, 11) is 0. The Morgan fingerprint density at radius 1 is 0.767 bits per heavy atom. The summed E-state index contributed by atoms with van der Waals surface area (Å²) < 4.78 is 0. The van der Waals surface area contributed by atoms with Gasteiger partial charge in [0.15, 0.2) is 0 Å². The van der Waals surface area contributed by atoms with E-state index in [2.05, 4.69) is 96.1 Å². The Morgan fingerprint density at radius 3 is 2.20 bits per heavy atom. The number of hydroxylamine groups is 1. The average molecular weight is 394 g/mol. The van der Waals surface area contributed by atoms with Crippen molar-refractivity contribution in [1.82, 2.24) is 0 Å². The molecule has 2 atom stereocenters. The van der Waals surface area contributed by atoms with Crippen LogP contribution < -0.4 is 5.06 Å². The molecule has 30 heavy (non-hydrogen) atoms. The molecule has 0 saturated heterocycles. The number of hydrogen-bond donors (Lipinski definition) is 0. The highest BCUT2D eigenvalue weighted by Gasteiger charge is 2.51. The molecule has 3 aromatic carbocycles. The molecule has 0 radical (unpaired) electrons. The molecule has 1 saturated carbocycles. The minimum Gasteiger partial charge on any atom is -0.265 e. The van der Waals surface area contributed by atoms with Gasteiger partial charge in [0.05, 0.1) is 5.69 Å². The quantitative estimate of drug-likeness (QED) is 0.477. The monoisotopic (exact) mass is 393 g/mol. The Balaban J connectivity index is 1.57. The van der Waals surface area contributed by atoms with Crippen molar-refractivity contribution in [2.75, 3.05) is 5.06 Å². The molecule has 2 aliphatic carbocycles. The lowest BCUT2D eigenvalue weighted by molar-refractivity contribution is -0.0828. The lowest BCUT2D eigenvalue weighted by Crippen LogP contribution is -2.43. The SMILES string of the molecule is C1=C2c3ccccc3C[C@H]2C2(CCCC2)ON(c2ccccc2)[C@H]1c1ccccc1. The predicted octanol–water partition coefficient (Wildman–Crippen LogP) is 6.75. The van der Waals surface area contributed by atoms with Gasteiger partial charge in [-0.3, -0.25) is 4.84 Å². The van der Waals surface area contributed by atoms with Crippen molar-refractivity contribution in [2.45, 2.75) is 43.7 Å². The van der Waals surface area contributed by atoms with E-state index in [-0.39, 0.29) is 11.6 Å². The maximum atomic E-state index is 7.14. The van der Waals surface area contributed by atoms with E-state index >= 15 is 0 Å². The summed E-state index contributed by atoms with van der Waals surface area (Å²) in [5.74, 6) is 0.428. The van der Waals surface area contributed by atoms with Crippen LogP contribution in [0.5, 0.6) is 0 Å². The summed E-state index contributed by atoms with van der Waals surface area (Å²) in [5, 5.41) is 2.20. The molecule has 0 bridgehead atoms. The second-order valence-corrected chi connectivity index (χ2v) is 8.92. The van der Waals surface area contributed by atoms with Gasteiger partial charge in [-0.1, -0.05) is 91.7 Å². The fourth-order valence-electron chi connectivity index (χ4n) is 5.81. The van der Waals surface area contributed by atoms with Crippen LogP contribution in [0, 0.1) is 5.92 Å². The molecule has 0 N–H and O–H groups in total. The van der Waals surface area contributed by atoms with Gasteiger partial charge in [-0.05, 0) is 53.7 Å². The van der Waals surface area contributed by atoms with Crippen molar-refractivity contribution in [2.24, 2.45) is 5.92 Å². The number of benzene rings is 3. The van der Waals surface area contributed by atoms with E-state index in [1.54, 1.807) is 0 Å². The summed E-state index contributed by atoms with van der Waals surface area (Å²) >= 11 is 0. The fraction of sp³-hybridized carbons (Fsp3) is 0.286. The first-order valence-corrected chi connectivity index (χ1v) is 11.2. The van der Waals surface area contributed by atoms with Gasteiger partial charge in [0.1, 0.15) is 11.6 Å². The second-order valence-electron chi connectivity index (χ2n) is 8.92. The van der Waals surface area contributed by atoms with Crippen LogP contribution in [0.25, 0.3) is 5.57 Å². The molecule has 2 heteroatoms. The van der Waals surface area contributed by atoms with E-state index in [4.69, 9.17) is 4.84 Å². The average Bonchev–Trinajstić information content (AvgIpc) is 3.39. The van der Waals surface area contributed by atoms with Gasteiger partial charge in [-0.25, -0.2) is 5.06 Å². The van der Waals surface area contributed by atoms with E-state index in [1.807, 2.05) is 0 Å². The van der Waals surface area contributed by atoms with Crippen LogP contribution in [-0.4, -0.2) is 5.60 Å². The smallest absolute Gasteiger partial charge is 0.103 e. The Labute approximate surface area is 178 Å². The molecule has 1 heterocycles. The molecule has 1 fully saturated rings. The largest absolute Gasteiger partial charge is 0.265 e. The van der Waals surface area contributed by atoms with E-state index < -0.39 is 0 Å². The highest BCUT2D eigenvalue weighted by Crippen LogP contribution is 2.54. The van der Waals surface area contributed by atoms with Gasteiger partial charge < -0.3 is 0 Å². The first kappa shape index (κ1) is 18.0. The molecule has 0 unspecified atom stereocenters. The standard InChI is InChI=1S/C28H27NO/c1-3-11-21(12-4-1)27-20-25-24-16-8-7-13-22(24)19-26(25)28(17-9-10-18-28)30-29(27)23-14-5-2-6-15-23/h1-8,11-16,20,26-27H,9-10,17-19H2/t26-,27-/m1/s1. The van der Waals surface area contributed by atoms with Crippen molar-refractivity contribution in [3.8, 4) is 0 Å². The molecule has 0 amide bonds. The zero-order valence-corrected chi connectivity index (χ0v) is 17.2. The summed E-state index contributed by atoms with van der Waals surface area (Å²) in [6.07, 6.45) is 8.34. The molecule has 3 aromatic rings. The zero-order chi connectivity index (χ0) is 20.0. The Morgan fingerprint density at radius 2 is 1.43 bits per heavy atom. The number of rotatable bonds is 2. The minimum absolute atomic E-state index is 0.0530. The third-order valence-electron chi connectivity index (χ3n) is 7.23. The first-order chi connectivity index (χ1) is 14.8. The van der Waals surface area contributed by atoms with Gasteiger partial charge in [0.2, 0.25) is 0 Å². The van der Waals surface area contributed by atoms with Crippen molar-refractivity contribution in [3.63, 3.8) is 0 Å². The number of fused-ring (bicyclic) bond motifs is 4. The van der Waals surface area contributed by atoms with Crippen molar-refractivity contribution < 1.29 is 4.84 Å². The van der Waals surface area contributed by atoms with Crippen LogP contribution in [0.1, 0.15) is 48.4 Å². The topological polar surface area (TPSA) is 12.5 Å². The highest BCUT2D eigenvalue weighted by molar-refractivity contribution is 5.77. The molecule has 2 nitrogen and oxygen atoms in total. The number of hydrogen-bond acceptors (Lipinski definition) is 2. The third-order valence-corrected chi connectivity index (χ3v) is 7.23. The Bertz CT molecular complexity index is 1070. The molecule has 3 aliphatic rings. The zero-order valence-electron chi connectivity index (χ0n) is 17.2. The molecular formula is C28H27NO. The van der Waals surface area contributed by atoms with Crippen molar-refractivity contribution >= 4 is 11.3 Å². The fourth-order valence-corrected chi connectivity index (χ4v) is 5.81. The lowest BCUT2D eigenvalue weighted by atomic mass is 9.80.